The van der Waals surface area contributed by atoms with Crippen molar-refractivity contribution in [2.45, 2.75) is 20.4 Å². The number of hydrogen-bond acceptors (Lipinski definition) is 8. The molecular weight excluding hydrogens is 500 g/mol. The average Bonchev–Trinajstić information content (AvgIpc) is 3.38. The van der Waals surface area contributed by atoms with Gasteiger partial charge in [0.2, 0.25) is 6.41 Å². The van der Waals surface area contributed by atoms with E-state index in [2.05, 4.69) is 68.6 Å². The first-order valence-corrected chi connectivity index (χ1v) is 14.1. The number of thiazole rings is 1. The summed E-state index contributed by atoms with van der Waals surface area (Å²) in [6.07, 6.45) is 2.69. The lowest BCUT2D eigenvalue weighted by atomic mass is 10.1. The highest BCUT2D eigenvalue weighted by atomic mass is 32.2. The van der Waals surface area contributed by atoms with Gasteiger partial charge in [0.1, 0.15) is 10.7 Å². The van der Waals surface area contributed by atoms with E-state index in [1.807, 2.05) is 42.0 Å². The van der Waals surface area contributed by atoms with Crippen LogP contribution in [0.3, 0.4) is 0 Å². The Morgan fingerprint density at radius 3 is 2.54 bits per heavy atom. The minimum atomic E-state index is 0.669. The second kappa shape index (κ2) is 13.5. The Morgan fingerprint density at radius 1 is 1.05 bits per heavy atom. The van der Waals surface area contributed by atoms with Crippen molar-refractivity contribution in [1.29, 1.82) is 0 Å². The van der Waals surface area contributed by atoms with Crippen molar-refractivity contribution in [3.8, 4) is 0 Å². The Balaban J connectivity index is 0.000000186. The van der Waals surface area contributed by atoms with Crippen molar-refractivity contribution in [3.05, 3.63) is 81.7 Å². The highest BCUT2D eigenvalue weighted by Gasteiger charge is 2.13. The smallest absolute Gasteiger partial charge is 0.211 e. The predicted molar refractivity (Wildman–Crippen MR) is 158 cm³/mol. The van der Waals surface area contributed by atoms with Crippen molar-refractivity contribution >= 4 is 51.1 Å². The van der Waals surface area contributed by atoms with E-state index in [9.17, 15) is 4.79 Å². The molecule has 1 amide bonds. The summed E-state index contributed by atoms with van der Waals surface area (Å²) in [6.45, 7) is 10.8. The molecule has 1 saturated heterocycles. The van der Waals surface area contributed by atoms with Crippen LogP contribution in [0.15, 0.2) is 64.3 Å². The molecule has 37 heavy (non-hydrogen) atoms. The number of aliphatic imine (C=N–C) groups is 1. The largest absolute Gasteiger partial charge is 0.331 e. The SMILES string of the molecule is Cc1ccc(CN2CCN(C)CC2)cc1.Cc1ccc(NC=O)cc1Nc1nc(C2=NCC=CS2)cs1. The maximum Gasteiger partial charge on any atom is 0.211 e. The Labute approximate surface area is 227 Å². The molecule has 3 heterocycles. The van der Waals surface area contributed by atoms with Crippen LogP contribution < -0.4 is 10.6 Å². The van der Waals surface area contributed by atoms with Crippen LogP contribution in [0.1, 0.15) is 22.4 Å². The third-order valence-electron chi connectivity index (χ3n) is 6.17. The molecule has 0 atom stereocenters. The highest BCUT2D eigenvalue weighted by Crippen LogP contribution is 2.28. The van der Waals surface area contributed by atoms with Crippen molar-refractivity contribution in [1.82, 2.24) is 14.8 Å². The molecule has 2 aliphatic heterocycles. The molecule has 3 aromatic rings. The topological polar surface area (TPSA) is 72.9 Å². The molecule has 0 radical (unpaired) electrons. The summed E-state index contributed by atoms with van der Waals surface area (Å²) in [4.78, 5) is 24.5. The van der Waals surface area contributed by atoms with Gasteiger partial charge in [-0.05, 0) is 49.6 Å². The maximum absolute atomic E-state index is 10.5. The van der Waals surface area contributed by atoms with E-state index in [4.69, 9.17) is 0 Å². The normalized spacial score (nSPS) is 15.9. The number of benzene rings is 2. The van der Waals surface area contributed by atoms with Gasteiger partial charge in [-0.2, -0.15) is 0 Å². The lowest BCUT2D eigenvalue weighted by molar-refractivity contribution is -0.105. The number of thioether (sulfide) groups is 1. The van der Waals surface area contributed by atoms with E-state index in [0.717, 1.165) is 39.4 Å². The fourth-order valence-electron chi connectivity index (χ4n) is 3.89. The van der Waals surface area contributed by atoms with Gasteiger partial charge in [-0.15, -0.1) is 11.3 Å². The number of nitrogens with zero attached hydrogens (tertiary/aromatic N) is 4. The van der Waals surface area contributed by atoms with Crippen LogP contribution in [-0.2, 0) is 11.3 Å². The number of likely N-dealkylation sites (N-methyl/N-ethyl adjacent to an activating group) is 1. The van der Waals surface area contributed by atoms with Gasteiger partial charge in [-0.3, -0.25) is 14.7 Å². The van der Waals surface area contributed by atoms with Crippen LogP contribution in [0.5, 0.6) is 0 Å². The van der Waals surface area contributed by atoms with Gasteiger partial charge >= 0.3 is 0 Å². The molecule has 0 saturated carbocycles. The summed E-state index contributed by atoms with van der Waals surface area (Å²) in [5.41, 5.74) is 6.42. The number of rotatable bonds is 7. The molecule has 2 N–H and O–H groups in total. The number of amides is 1. The van der Waals surface area contributed by atoms with Crippen molar-refractivity contribution in [2.24, 2.45) is 4.99 Å². The number of aromatic nitrogens is 1. The first-order valence-electron chi connectivity index (χ1n) is 12.4. The molecule has 0 unspecified atom stereocenters. The summed E-state index contributed by atoms with van der Waals surface area (Å²) in [5.74, 6) is 0. The molecule has 9 heteroatoms. The average molecular weight is 535 g/mol. The lowest BCUT2D eigenvalue weighted by Crippen LogP contribution is -2.43. The monoisotopic (exact) mass is 534 g/mol. The van der Waals surface area contributed by atoms with Crippen molar-refractivity contribution in [3.63, 3.8) is 0 Å². The molecule has 1 aromatic heterocycles. The number of carbonyl (C=O) groups excluding carboxylic acids is 1. The van der Waals surface area contributed by atoms with Crippen LogP contribution in [-0.4, -0.2) is 66.0 Å². The van der Waals surface area contributed by atoms with E-state index in [-0.39, 0.29) is 0 Å². The number of anilines is 3. The van der Waals surface area contributed by atoms with Crippen LogP contribution in [0.4, 0.5) is 16.5 Å². The van der Waals surface area contributed by atoms with E-state index in [0.29, 0.717) is 13.0 Å². The minimum absolute atomic E-state index is 0.669. The second-order valence-corrected chi connectivity index (χ2v) is 10.9. The zero-order valence-corrected chi connectivity index (χ0v) is 23.2. The highest BCUT2D eigenvalue weighted by molar-refractivity contribution is 8.16. The van der Waals surface area contributed by atoms with E-state index in [1.165, 1.54) is 48.6 Å². The number of aryl methyl sites for hydroxylation is 2. The molecule has 7 nitrogen and oxygen atoms in total. The van der Waals surface area contributed by atoms with Crippen molar-refractivity contribution < 1.29 is 4.79 Å². The molecule has 0 aliphatic carbocycles. The number of piperazine rings is 1. The van der Waals surface area contributed by atoms with E-state index < -0.39 is 0 Å². The van der Waals surface area contributed by atoms with Gasteiger partial charge in [0, 0.05) is 49.5 Å². The van der Waals surface area contributed by atoms with Gasteiger partial charge < -0.3 is 15.5 Å². The van der Waals surface area contributed by atoms with Gasteiger partial charge in [0.05, 0.1) is 6.54 Å². The summed E-state index contributed by atoms with van der Waals surface area (Å²) >= 11 is 3.12. The Bertz CT molecular complexity index is 1230. The van der Waals surface area contributed by atoms with Gasteiger partial charge in [0.15, 0.2) is 5.13 Å². The summed E-state index contributed by atoms with van der Waals surface area (Å²) in [7, 11) is 2.20. The Morgan fingerprint density at radius 2 is 1.84 bits per heavy atom. The molecule has 194 valence electrons. The third kappa shape index (κ3) is 8.26. The fraction of sp³-hybridized carbons (Fsp3) is 0.321. The first-order chi connectivity index (χ1) is 18.0. The molecule has 0 spiro atoms. The molecule has 2 aromatic carbocycles. The zero-order chi connectivity index (χ0) is 26.0. The van der Waals surface area contributed by atoms with Gasteiger partial charge in [-0.1, -0.05) is 53.7 Å². The fourth-order valence-corrected chi connectivity index (χ4v) is 5.35. The molecule has 0 bridgehead atoms. The van der Waals surface area contributed by atoms with Crippen LogP contribution >= 0.6 is 23.1 Å². The molecule has 2 aliphatic rings. The minimum Gasteiger partial charge on any atom is -0.331 e. The summed E-state index contributed by atoms with van der Waals surface area (Å²) < 4.78 is 0. The first kappa shape index (κ1) is 27.1. The van der Waals surface area contributed by atoms with Gasteiger partial charge in [0.25, 0.3) is 0 Å². The molecule has 5 rings (SSSR count). The Kier molecular flexibility index (Phi) is 9.90. The second-order valence-electron chi connectivity index (χ2n) is 9.16. The van der Waals surface area contributed by atoms with Crippen LogP contribution in [0.25, 0.3) is 0 Å². The van der Waals surface area contributed by atoms with Crippen LogP contribution in [0, 0.1) is 13.8 Å². The van der Waals surface area contributed by atoms with E-state index >= 15 is 0 Å². The third-order valence-corrected chi connectivity index (χ3v) is 7.81. The zero-order valence-electron chi connectivity index (χ0n) is 21.6. The summed E-state index contributed by atoms with van der Waals surface area (Å²) in [5, 5.41) is 11.7. The number of hydrogen-bond donors (Lipinski definition) is 2. The standard InChI is InChI=1S/C15H14N4OS2.C13H20N2/c1-10-3-4-11(17-9-20)7-12(10)18-15-19-13(8-22-15)14-16-5-2-6-21-14;1-12-3-5-13(6-4-12)11-15-9-7-14(2)8-10-15/h2-4,6-9H,5H2,1H3,(H,17,20)(H,18,19);3-6H,7-11H2,1-2H3. The number of nitrogens with one attached hydrogen (secondary N) is 2. The van der Waals surface area contributed by atoms with Crippen molar-refractivity contribution in [2.75, 3.05) is 50.4 Å². The maximum atomic E-state index is 10.5. The lowest BCUT2D eigenvalue weighted by Gasteiger charge is -2.32. The molecular formula is C28H34N6OS2. The quantitative estimate of drug-likeness (QED) is 0.389. The van der Waals surface area contributed by atoms with Crippen LogP contribution in [0.2, 0.25) is 0 Å². The predicted octanol–water partition coefficient (Wildman–Crippen LogP) is 5.51. The molecule has 1 fully saturated rings. The summed E-state index contributed by atoms with van der Waals surface area (Å²) in [6, 6.07) is 14.6. The van der Waals surface area contributed by atoms with Gasteiger partial charge in [-0.25, -0.2) is 4.98 Å². The van der Waals surface area contributed by atoms with E-state index in [1.54, 1.807) is 11.8 Å². The number of carbonyl (C=O) groups is 1. The Hall–Kier alpha value is -2.98.